The normalized spacial score (nSPS) is 17.1. The Morgan fingerprint density at radius 3 is 1.28 bits per heavy atom. The molecule has 1 heterocycles. The first-order chi connectivity index (χ1) is 20.1. The number of quaternary nitrogens is 1. The van der Waals surface area contributed by atoms with Crippen LogP contribution in [0.1, 0.15) is 22.6 Å². The summed E-state index contributed by atoms with van der Waals surface area (Å²) in [4.78, 5) is 1.09. The molecule has 5 rings (SSSR count). The van der Waals surface area contributed by atoms with E-state index in [4.69, 9.17) is 23.7 Å². The predicted octanol–water partition coefficient (Wildman–Crippen LogP) is 8.79. The van der Waals surface area contributed by atoms with E-state index in [1.807, 2.05) is 54.6 Å². The molecular formula is C30H30F6NO5P. The topological polar surface area (TPSA) is 50.6 Å². The van der Waals surface area contributed by atoms with E-state index < -0.39 is 7.81 Å². The molecule has 1 N–H and O–H groups in total. The van der Waals surface area contributed by atoms with Crippen molar-refractivity contribution in [1.29, 1.82) is 0 Å². The zero-order valence-corrected chi connectivity index (χ0v) is 24.7. The Hall–Kier alpha value is -4.15. The summed E-state index contributed by atoms with van der Waals surface area (Å²) >= 11 is 0. The Labute approximate surface area is 244 Å². The van der Waals surface area contributed by atoms with Crippen LogP contribution in [-0.2, 0) is 0 Å². The van der Waals surface area contributed by atoms with Gasteiger partial charge in [0.05, 0.1) is 52.6 Å². The van der Waals surface area contributed by atoms with Gasteiger partial charge in [0.1, 0.15) is 45.8 Å². The molecule has 0 fully saturated rings. The maximum atomic E-state index is 9.87. The Morgan fingerprint density at radius 1 is 0.512 bits per heavy atom. The fourth-order valence-electron chi connectivity index (χ4n) is 5.31. The number of hydrogen-bond acceptors (Lipinski definition) is 5. The molecule has 0 spiro atoms. The van der Waals surface area contributed by atoms with Crippen LogP contribution in [0.25, 0.3) is 0 Å². The summed E-state index contributed by atoms with van der Waals surface area (Å²) in [6.45, 7) is 0. The van der Waals surface area contributed by atoms with E-state index in [0.29, 0.717) is 0 Å². The van der Waals surface area contributed by atoms with Crippen molar-refractivity contribution in [2.45, 2.75) is 5.92 Å². The van der Waals surface area contributed by atoms with Gasteiger partial charge in [-0.2, -0.15) is 0 Å². The number of halogens is 6. The van der Waals surface area contributed by atoms with E-state index in [1.165, 1.54) is 0 Å². The van der Waals surface area contributed by atoms with Crippen LogP contribution in [0.15, 0.2) is 78.9 Å². The van der Waals surface area contributed by atoms with Crippen LogP contribution >= 0.6 is 7.81 Å². The van der Waals surface area contributed by atoms with Gasteiger partial charge in [-0.3, -0.25) is 0 Å². The molecule has 4 aromatic rings. The Balaban J connectivity index is 0.000000541. The minimum atomic E-state index is -10.7. The number of fused-ring (bicyclic) bond motifs is 2. The third-order valence-electron chi connectivity index (χ3n) is 6.80. The monoisotopic (exact) mass is 629 g/mol. The quantitative estimate of drug-likeness (QED) is 0.144. The summed E-state index contributed by atoms with van der Waals surface area (Å²) in [5.41, 5.74) is 6.16. The van der Waals surface area contributed by atoms with Gasteiger partial charge in [-0.1, -0.05) is 24.3 Å². The first-order valence-corrected chi connectivity index (χ1v) is 14.8. The maximum absolute atomic E-state index is 10.7. The van der Waals surface area contributed by atoms with E-state index in [9.17, 15) is 25.2 Å². The molecule has 0 aliphatic carbocycles. The summed E-state index contributed by atoms with van der Waals surface area (Å²) in [6, 6.07) is 26.3. The van der Waals surface area contributed by atoms with Crippen molar-refractivity contribution in [3.8, 4) is 28.7 Å². The van der Waals surface area contributed by atoms with Crippen molar-refractivity contribution in [2.24, 2.45) is 0 Å². The molecule has 0 bridgehead atoms. The number of rotatable bonds is 7. The van der Waals surface area contributed by atoms with Crippen LogP contribution in [0, 0.1) is 0 Å². The Bertz CT molecular complexity index is 1540. The molecule has 0 atom stereocenters. The number of hydrogen-bond donors (Lipinski definition) is 1. The van der Waals surface area contributed by atoms with Crippen LogP contribution in [0.4, 0.5) is 42.2 Å². The van der Waals surface area contributed by atoms with E-state index >= 15 is 0 Å². The molecule has 0 unspecified atom stereocenters. The third kappa shape index (κ3) is 7.26. The van der Waals surface area contributed by atoms with Gasteiger partial charge in [-0.25, -0.2) is 4.90 Å². The summed E-state index contributed by atoms with van der Waals surface area (Å²) < 4.78 is 88.4. The number of ether oxygens (including phenoxy) is 5. The molecule has 1 aliphatic rings. The van der Waals surface area contributed by atoms with Crippen molar-refractivity contribution in [3.63, 3.8) is 0 Å². The van der Waals surface area contributed by atoms with Gasteiger partial charge < -0.3 is 23.7 Å². The van der Waals surface area contributed by atoms with Crippen molar-refractivity contribution >= 4 is 24.9 Å². The first-order valence-electron chi connectivity index (χ1n) is 12.7. The molecule has 0 saturated carbocycles. The molecule has 13 heteroatoms. The molecule has 0 radical (unpaired) electrons. The summed E-state index contributed by atoms with van der Waals surface area (Å²) in [6.07, 6.45) is 0. The van der Waals surface area contributed by atoms with Crippen LogP contribution in [0.5, 0.6) is 28.7 Å². The van der Waals surface area contributed by atoms with Gasteiger partial charge in [-0.05, 0) is 30.3 Å². The van der Waals surface area contributed by atoms with Crippen LogP contribution in [-0.4, -0.2) is 35.5 Å². The average Bonchev–Trinajstić information content (AvgIpc) is 2.97. The third-order valence-corrected chi connectivity index (χ3v) is 6.80. The standard InChI is InChI=1S/C30H29NO5.F6P/c1-32-20-11-6-10-19(18-20)31-21-12-7-14-23(33-2)27(21)30(28-22(31)13-8-15-24(28)34-3)29-25(35-4)16-9-17-26(29)36-5;1-7(2,3,4,5)6/h6-18,30H,1-5H3;/q;-1/p+1. The zero-order valence-electron chi connectivity index (χ0n) is 23.8. The second-order valence-corrected chi connectivity index (χ2v) is 11.3. The van der Waals surface area contributed by atoms with Crippen molar-refractivity contribution in [1.82, 2.24) is 0 Å². The van der Waals surface area contributed by atoms with E-state index in [-0.39, 0.29) is 5.92 Å². The van der Waals surface area contributed by atoms with Gasteiger partial charge in [0.15, 0.2) is 0 Å². The van der Waals surface area contributed by atoms with Gasteiger partial charge in [-0.15, -0.1) is 0 Å². The van der Waals surface area contributed by atoms with Crippen LogP contribution in [0.2, 0.25) is 0 Å². The van der Waals surface area contributed by atoms with Gasteiger partial charge in [0.2, 0.25) is 0 Å². The fourth-order valence-corrected chi connectivity index (χ4v) is 5.31. The van der Waals surface area contributed by atoms with Crippen LogP contribution in [0.3, 0.4) is 0 Å². The predicted molar refractivity (Wildman–Crippen MR) is 153 cm³/mol. The summed E-state index contributed by atoms with van der Waals surface area (Å²) in [5, 5.41) is 0. The molecule has 0 aromatic heterocycles. The molecule has 0 saturated heterocycles. The average molecular weight is 630 g/mol. The summed E-state index contributed by atoms with van der Waals surface area (Å²) in [5.74, 6) is 3.56. The molecular weight excluding hydrogens is 599 g/mol. The molecule has 4 aromatic carbocycles. The first kappa shape index (κ1) is 31.8. The second-order valence-electron chi connectivity index (χ2n) is 9.42. The zero-order chi connectivity index (χ0) is 31.6. The van der Waals surface area contributed by atoms with E-state index in [2.05, 4.69) is 24.3 Å². The molecule has 0 amide bonds. The van der Waals surface area contributed by atoms with Gasteiger partial charge >= 0.3 is 33.0 Å². The number of methoxy groups -OCH3 is 5. The molecule has 43 heavy (non-hydrogen) atoms. The Kier molecular flexibility index (Phi) is 8.25. The number of benzene rings is 4. The van der Waals surface area contributed by atoms with Gasteiger partial charge in [0.25, 0.3) is 0 Å². The van der Waals surface area contributed by atoms with Gasteiger partial charge in [0, 0.05) is 29.8 Å². The van der Waals surface area contributed by atoms with Crippen molar-refractivity contribution in [2.75, 3.05) is 35.5 Å². The Morgan fingerprint density at radius 2 is 0.884 bits per heavy atom. The van der Waals surface area contributed by atoms with Crippen molar-refractivity contribution < 1.29 is 53.8 Å². The molecule has 232 valence electrons. The number of nitrogens with one attached hydrogen (secondary N) is 1. The fraction of sp³-hybridized carbons (Fsp3) is 0.200. The summed E-state index contributed by atoms with van der Waals surface area (Å²) in [7, 11) is -2.20. The minimum absolute atomic E-state index is 0.261. The van der Waals surface area contributed by atoms with Crippen molar-refractivity contribution in [3.05, 3.63) is 95.6 Å². The van der Waals surface area contributed by atoms with Crippen LogP contribution < -0.4 is 28.6 Å². The van der Waals surface area contributed by atoms with E-state index in [0.717, 1.165) is 67.4 Å². The van der Waals surface area contributed by atoms with E-state index in [1.54, 1.807) is 35.5 Å². The second kappa shape index (κ2) is 11.2. The molecule has 6 nitrogen and oxygen atoms in total. The molecule has 1 aliphatic heterocycles. The SMILES string of the molecule is COc1cccc([NH+]2c3cccc(OC)c3C(c3c(OC)cccc3OC)c3c(OC)cccc32)c1.F[P-](F)(F)(F)(F)F.